The first-order chi connectivity index (χ1) is 7.69. The van der Waals surface area contributed by atoms with Crippen LogP contribution >= 0.6 is 11.6 Å². The first-order valence-electron chi connectivity index (χ1n) is 4.63. The fourth-order valence-corrected chi connectivity index (χ4v) is 1.34. The summed E-state index contributed by atoms with van der Waals surface area (Å²) < 4.78 is 23.2. The van der Waals surface area contributed by atoms with Gasteiger partial charge in [-0.05, 0) is 30.7 Å². The molecule has 0 atom stereocenters. The van der Waals surface area contributed by atoms with E-state index in [4.69, 9.17) is 20.8 Å². The number of rotatable bonds is 3. The van der Waals surface area contributed by atoms with E-state index < -0.39 is 0 Å². The molecule has 0 saturated heterocycles. The van der Waals surface area contributed by atoms with Gasteiger partial charge < -0.3 is 9.15 Å². The van der Waals surface area contributed by atoms with Crippen molar-refractivity contribution < 1.29 is 13.5 Å². The summed E-state index contributed by atoms with van der Waals surface area (Å²) in [4.78, 5) is 3.97. The number of nitrogens with zero attached hydrogens (tertiary/aromatic N) is 1. The van der Waals surface area contributed by atoms with Gasteiger partial charge in [0.2, 0.25) is 0 Å². The highest BCUT2D eigenvalue weighted by Gasteiger charge is 2.08. The quantitative estimate of drug-likeness (QED) is 0.770. The topological polar surface area (TPSA) is 35.3 Å². The molecule has 0 aliphatic carbocycles. The second kappa shape index (κ2) is 4.53. The van der Waals surface area contributed by atoms with E-state index in [0.717, 1.165) is 0 Å². The van der Waals surface area contributed by atoms with Crippen molar-refractivity contribution in [2.75, 3.05) is 0 Å². The van der Waals surface area contributed by atoms with E-state index in [1.807, 2.05) is 0 Å². The Labute approximate surface area is 96.8 Å². The predicted molar refractivity (Wildman–Crippen MR) is 57.3 cm³/mol. The summed E-state index contributed by atoms with van der Waals surface area (Å²) in [5.74, 6) is 0.456. The molecule has 0 aliphatic heterocycles. The van der Waals surface area contributed by atoms with Crippen molar-refractivity contribution >= 4 is 11.6 Å². The van der Waals surface area contributed by atoms with Gasteiger partial charge in [-0.3, -0.25) is 0 Å². The first-order valence-corrected chi connectivity index (χ1v) is 5.17. The largest absolute Gasteiger partial charge is 0.417 e. The average Bonchev–Trinajstić information content (AvgIpc) is 2.70. The van der Waals surface area contributed by atoms with E-state index in [9.17, 15) is 4.39 Å². The van der Waals surface area contributed by atoms with E-state index in [-0.39, 0.29) is 17.8 Å². The second-order valence-corrected chi connectivity index (χ2v) is 3.52. The van der Waals surface area contributed by atoms with Gasteiger partial charge in [0.05, 0.1) is 11.6 Å². The number of hydrogen-bond acceptors (Lipinski definition) is 3. The molecule has 2 rings (SSSR count). The van der Waals surface area contributed by atoms with Crippen molar-refractivity contribution in [3.05, 3.63) is 41.5 Å². The Bertz CT molecular complexity index is 498. The van der Waals surface area contributed by atoms with Crippen LogP contribution in [-0.4, -0.2) is 4.98 Å². The average molecular weight is 242 g/mol. The molecule has 0 aliphatic rings. The Hall–Kier alpha value is -1.55. The summed E-state index contributed by atoms with van der Waals surface area (Å²) in [6.07, 6.45) is 1.52. The normalized spacial score (nSPS) is 10.4. The molecule has 16 heavy (non-hydrogen) atoms. The number of alkyl halides is 1. The van der Waals surface area contributed by atoms with Gasteiger partial charge in [-0.2, -0.15) is 4.98 Å². The standard InChI is InChI=1S/C11H9ClFNO2/c1-7-4-8(13)2-3-10(7)16-11-14-9(5-12)6-15-11/h2-4,6H,5H2,1H3. The van der Waals surface area contributed by atoms with Gasteiger partial charge in [0.1, 0.15) is 17.8 Å². The lowest BCUT2D eigenvalue weighted by Crippen LogP contribution is -1.89. The fraction of sp³-hybridized carbons (Fsp3) is 0.182. The Balaban J connectivity index is 2.20. The number of oxazole rings is 1. The Morgan fingerprint density at radius 1 is 1.50 bits per heavy atom. The Morgan fingerprint density at radius 2 is 2.31 bits per heavy atom. The maximum absolute atomic E-state index is 12.8. The third-order valence-corrected chi connectivity index (χ3v) is 2.28. The number of hydrogen-bond donors (Lipinski definition) is 0. The van der Waals surface area contributed by atoms with Crippen molar-refractivity contribution in [3.8, 4) is 11.8 Å². The molecule has 84 valence electrons. The smallest absolute Gasteiger partial charge is 0.399 e. The van der Waals surface area contributed by atoms with Crippen LogP contribution in [0.2, 0.25) is 0 Å². The van der Waals surface area contributed by atoms with Gasteiger partial charge in [0.15, 0.2) is 0 Å². The lowest BCUT2D eigenvalue weighted by molar-refractivity contribution is 0.328. The lowest BCUT2D eigenvalue weighted by Gasteiger charge is -2.03. The summed E-state index contributed by atoms with van der Waals surface area (Å²) in [6.45, 7) is 1.74. The van der Waals surface area contributed by atoms with Gasteiger partial charge in [-0.15, -0.1) is 11.6 Å². The molecule has 0 amide bonds. The van der Waals surface area contributed by atoms with Crippen LogP contribution in [0.5, 0.6) is 11.8 Å². The zero-order chi connectivity index (χ0) is 11.5. The minimum absolute atomic E-state index is 0.102. The summed E-state index contributed by atoms with van der Waals surface area (Å²) >= 11 is 5.57. The molecule has 0 saturated carbocycles. The van der Waals surface area contributed by atoms with Gasteiger partial charge in [-0.25, -0.2) is 4.39 Å². The van der Waals surface area contributed by atoms with Gasteiger partial charge >= 0.3 is 6.08 Å². The minimum Gasteiger partial charge on any atom is -0.417 e. The predicted octanol–water partition coefficient (Wildman–Crippen LogP) is 3.65. The van der Waals surface area contributed by atoms with E-state index >= 15 is 0 Å². The molecule has 1 aromatic carbocycles. The highest BCUT2D eigenvalue weighted by atomic mass is 35.5. The highest BCUT2D eigenvalue weighted by molar-refractivity contribution is 6.16. The molecule has 5 heteroatoms. The van der Waals surface area contributed by atoms with Crippen LogP contribution in [0.3, 0.4) is 0 Å². The van der Waals surface area contributed by atoms with Crippen LogP contribution in [0.25, 0.3) is 0 Å². The van der Waals surface area contributed by atoms with Crippen LogP contribution in [-0.2, 0) is 5.88 Å². The van der Waals surface area contributed by atoms with Crippen LogP contribution in [0, 0.1) is 12.7 Å². The Kier molecular flexibility index (Phi) is 3.10. The zero-order valence-electron chi connectivity index (χ0n) is 8.54. The van der Waals surface area contributed by atoms with Crippen molar-refractivity contribution in [3.63, 3.8) is 0 Å². The highest BCUT2D eigenvalue weighted by Crippen LogP contribution is 2.25. The van der Waals surface area contributed by atoms with Crippen molar-refractivity contribution in [2.45, 2.75) is 12.8 Å². The third-order valence-electron chi connectivity index (χ3n) is 2.00. The molecule has 3 nitrogen and oxygen atoms in total. The van der Waals surface area contributed by atoms with E-state index in [0.29, 0.717) is 17.0 Å². The summed E-state index contributed by atoms with van der Waals surface area (Å²) in [5.41, 5.74) is 1.27. The summed E-state index contributed by atoms with van der Waals surface area (Å²) in [5, 5.41) is 0. The monoisotopic (exact) mass is 241 g/mol. The summed E-state index contributed by atoms with van der Waals surface area (Å²) in [7, 11) is 0. The van der Waals surface area contributed by atoms with Crippen LogP contribution in [0.15, 0.2) is 28.9 Å². The Morgan fingerprint density at radius 3 is 2.94 bits per heavy atom. The van der Waals surface area contributed by atoms with Gasteiger partial charge in [-0.1, -0.05) is 0 Å². The number of benzene rings is 1. The molecule has 0 N–H and O–H groups in total. The van der Waals surface area contributed by atoms with Crippen molar-refractivity contribution in [1.82, 2.24) is 4.98 Å². The molecule has 0 radical (unpaired) electrons. The maximum atomic E-state index is 12.8. The number of aryl methyl sites for hydroxylation is 1. The fourth-order valence-electron chi connectivity index (χ4n) is 1.22. The van der Waals surface area contributed by atoms with E-state index in [1.165, 1.54) is 24.5 Å². The molecule has 0 bridgehead atoms. The number of halogens is 2. The number of ether oxygens (including phenoxy) is 1. The minimum atomic E-state index is -0.307. The third kappa shape index (κ3) is 2.33. The zero-order valence-corrected chi connectivity index (χ0v) is 9.29. The molecular weight excluding hydrogens is 233 g/mol. The van der Waals surface area contributed by atoms with Gasteiger partial charge in [0, 0.05) is 0 Å². The summed E-state index contributed by atoms with van der Waals surface area (Å²) in [6, 6.07) is 4.21. The number of aromatic nitrogens is 1. The molecule has 2 aromatic rings. The van der Waals surface area contributed by atoms with Crippen molar-refractivity contribution in [1.29, 1.82) is 0 Å². The first kappa shape index (κ1) is 11.0. The van der Waals surface area contributed by atoms with E-state index in [1.54, 1.807) is 6.92 Å². The van der Waals surface area contributed by atoms with E-state index in [2.05, 4.69) is 4.98 Å². The maximum Gasteiger partial charge on any atom is 0.399 e. The van der Waals surface area contributed by atoms with Crippen LogP contribution in [0.1, 0.15) is 11.3 Å². The molecule has 0 unspecified atom stereocenters. The SMILES string of the molecule is Cc1cc(F)ccc1Oc1nc(CCl)co1. The molecule has 0 fully saturated rings. The molecule has 1 aromatic heterocycles. The van der Waals surface area contributed by atoms with Gasteiger partial charge in [0.25, 0.3) is 0 Å². The van der Waals surface area contributed by atoms with Crippen LogP contribution < -0.4 is 4.74 Å². The van der Waals surface area contributed by atoms with Crippen molar-refractivity contribution in [2.24, 2.45) is 0 Å². The van der Waals surface area contributed by atoms with Crippen LogP contribution in [0.4, 0.5) is 4.39 Å². The lowest BCUT2D eigenvalue weighted by atomic mass is 10.2. The molecule has 1 heterocycles. The second-order valence-electron chi connectivity index (χ2n) is 3.25. The molecule has 0 spiro atoms. The molecular formula is C11H9ClFNO2.